The highest BCUT2D eigenvalue weighted by Gasteiger charge is 2.32. The molecular formula is C26H25N7O. The molecule has 3 N–H and O–H groups in total. The molecule has 34 heavy (non-hydrogen) atoms. The zero-order valence-electron chi connectivity index (χ0n) is 19.5. The van der Waals surface area contributed by atoms with E-state index in [0.29, 0.717) is 17.2 Å². The third-order valence-electron chi connectivity index (χ3n) is 6.16. The van der Waals surface area contributed by atoms with Crippen LogP contribution in [-0.2, 0) is 5.41 Å². The first kappa shape index (κ1) is 21.5. The number of fused-ring (bicyclic) bond motifs is 2. The molecule has 3 heterocycles. The highest BCUT2D eigenvalue weighted by molar-refractivity contribution is 5.98. The van der Waals surface area contributed by atoms with Crippen molar-refractivity contribution in [2.45, 2.75) is 19.3 Å². The minimum Gasteiger partial charge on any atom is -0.383 e. The van der Waals surface area contributed by atoms with Gasteiger partial charge in [0.05, 0.1) is 16.9 Å². The molecule has 5 rings (SSSR count). The summed E-state index contributed by atoms with van der Waals surface area (Å²) in [6.07, 6.45) is 1.70. The summed E-state index contributed by atoms with van der Waals surface area (Å²) < 4.78 is 0. The Labute approximate surface area is 197 Å². The number of carbonyl (C=O) groups excluding carboxylic acids is 1. The number of rotatable bonds is 4. The maximum atomic E-state index is 12.3. The number of aromatic amines is 1. The summed E-state index contributed by atoms with van der Waals surface area (Å²) in [6, 6.07) is 15.8. The number of anilines is 3. The minimum atomic E-state index is -0.0776. The Balaban J connectivity index is 1.46. The number of nitrogens with zero attached hydrogens (tertiary/aromatic N) is 4. The van der Waals surface area contributed by atoms with Gasteiger partial charge in [0.15, 0.2) is 0 Å². The summed E-state index contributed by atoms with van der Waals surface area (Å²) in [7, 11) is 3.45. The lowest BCUT2D eigenvalue weighted by Gasteiger charge is -2.18. The molecule has 0 fully saturated rings. The van der Waals surface area contributed by atoms with Crippen LogP contribution in [0.15, 0.2) is 48.7 Å². The van der Waals surface area contributed by atoms with Gasteiger partial charge in [-0.15, -0.1) is 0 Å². The lowest BCUT2D eigenvalue weighted by Crippen LogP contribution is -2.21. The molecule has 0 unspecified atom stereocenters. The molecule has 0 aliphatic carbocycles. The van der Waals surface area contributed by atoms with Gasteiger partial charge in [0.1, 0.15) is 11.8 Å². The third kappa shape index (κ3) is 3.71. The topological polar surface area (TPSA) is 110 Å². The fourth-order valence-electron chi connectivity index (χ4n) is 4.28. The van der Waals surface area contributed by atoms with Gasteiger partial charge in [0, 0.05) is 54.4 Å². The van der Waals surface area contributed by atoms with E-state index in [1.165, 1.54) is 4.90 Å². The molecule has 1 amide bonds. The molecule has 0 spiro atoms. The van der Waals surface area contributed by atoms with E-state index in [1.807, 2.05) is 36.4 Å². The van der Waals surface area contributed by atoms with Crippen LogP contribution >= 0.6 is 0 Å². The fraction of sp³-hybridized carbons (Fsp3) is 0.231. The number of nitriles is 1. The Morgan fingerprint density at radius 2 is 2.00 bits per heavy atom. The van der Waals surface area contributed by atoms with Crippen LogP contribution in [0.1, 0.15) is 35.5 Å². The number of hydrogen-bond acceptors (Lipinski definition) is 6. The van der Waals surface area contributed by atoms with E-state index in [2.05, 4.69) is 46.6 Å². The molecule has 8 heteroatoms. The van der Waals surface area contributed by atoms with Crippen LogP contribution in [0.5, 0.6) is 0 Å². The second-order valence-electron chi connectivity index (χ2n) is 9.37. The summed E-state index contributed by atoms with van der Waals surface area (Å²) >= 11 is 0. The molecule has 0 saturated heterocycles. The lowest BCUT2D eigenvalue weighted by molar-refractivity contribution is 0.0823. The summed E-state index contributed by atoms with van der Waals surface area (Å²) in [5.74, 6) is 0.375. The van der Waals surface area contributed by atoms with Gasteiger partial charge in [-0.25, -0.2) is 9.97 Å². The second kappa shape index (κ2) is 7.89. The van der Waals surface area contributed by atoms with Crippen LogP contribution in [0.4, 0.5) is 17.3 Å². The summed E-state index contributed by atoms with van der Waals surface area (Å²) in [4.78, 5) is 26.0. The largest absolute Gasteiger partial charge is 0.383 e. The van der Waals surface area contributed by atoms with Crippen LogP contribution in [0, 0.1) is 11.3 Å². The van der Waals surface area contributed by atoms with Gasteiger partial charge >= 0.3 is 0 Å². The average molecular weight is 452 g/mol. The number of H-pyrrole nitrogens is 1. The molecule has 2 aromatic heterocycles. The molecule has 0 saturated carbocycles. The van der Waals surface area contributed by atoms with E-state index >= 15 is 0 Å². The highest BCUT2D eigenvalue weighted by atomic mass is 16.2. The van der Waals surface area contributed by atoms with Crippen molar-refractivity contribution in [3.05, 3.63) is 65.5 Å². The van der Waals surface area contributed by atoms with Crippen LogP contribution in [-0.4, -0.2) is 46.4 Å². The van der Waals surface area contributed by atoms with E-state index in [-0.39, 0.29) is 11.3 Å². The zero-order chi connectivity index (χ0) is 24.0. The molecular weight excluding hydrogens is 426 g/mol. The van der Waals surface area contributed by atoms with Crippen molar-refractivity contribution in [1.82, 2.24) is 19.9 Å². The van der Waals surface area contributed by atoms with Crippen molar-refractivity contribution in [3.8, 4) is 17.3 Å². The number of carbonyl (C=O) groups is 1. The molecule has 0 bridgehead atoms. The SMILES string of the molecule is CN(C)C(=O)c1cc2cc(Nc3nccc(-c4cc(C#N)c5c(c4)C(C)(C)CN5)n3)ccc2[nH]1. The zero-order valence-corrected chi connectivity index (χ0v) is 19.5. The molecule has 8 nitrogen and oxygen atoms in total. The Bertz CT molecular complexity index is 1480. The van der Waals surface area contributed by atoms with Crippen molar-refractivity contribution >= 4 is 34.1 Å². The molecule has 0 radical (unpaired) electrons. The van der Waals surface area contributed by atoms with Gasteiger partial charge in [0.25, 0.3) is 5.91 Å². The summed E-state index contributed by atoms with van der Waals surface area (Å²) in [6.45, 7) is 5.12. The van der Waals surface area contributed by atoms with Crippen molar-refractivity contribution in [1.29, 1.82) is 5.26 Å². The normalized spacial score (nSPS) is 13.7. The Kier molecular flexibility index (Phi) is 4.98. The first-order valence-electron chi connectivity index (χ1n) is 11.0. The molecule has 2 aromatic carbocycles. The molecule has 1 aliphatic heterocycles. The number of hydrogen-bond donors (Lipinski definition) is 3. The lowest BCUT2D eigenvalue weighted by atomic mass is 9.85. The van der Waals surface area contributed by atoms with Gasteiger partial charge in [-0.2, -0.15) is 5.26 Å². The third-order valence-corrected chi connectivity index (χ3v) is 6.16. The van der Waals surface area contributed by atoms with E-state index < -0.39 is 0 Å². The smallest absolute Gasteiger partial charge is 0.269 e. The van der Waals surface area contributed by atoms with E-state index in [9.17, 15) is 10.1 Å². The standard InChI is InChI=1S/C26H25N7O/c1-26(2)14-29-23-17(13-27)9-15(11-19(23)26)21-7-8-28-25(32-21)30-18-5-6-20-16(10-18)12-22(31-20)24(34)33(3)4/h5-12,29,31H,14H2,1-4H3,(H,28,30,32). The predicted molar refractivity (Wildman–Crippen MR) is 133 cm³/mol. The number of nitrogens with one attached hydrogen (secondary N) is 3. The summed E-state index contributed by atoms with van der Waals surface area (Å²) in [5, 5.41) is 17.2. The maximum absolute atomic E-state index is 12.3. The van der Waals surface area contributed by atoms with Gasteiger partial charge in [-0.1, -0.05) is 13.8 Å². The van der Waals surface area contributed by atoms with Crippen molar-refractivity contribution < 1.29 is 4.79 Å². The average Bonchev–Trinajstić information content (AvgIpc) is 3.38. The molecule has 4 aromatic rings. The van der Waals surface area contributed by atoms with E-state index in [1.54, 1.807) is 20.3 Å². The molecule has 1 aliphatic rings. The van der Waals surface area contributed by atoms with Crippen molar-refractivity contribution in [2.24, 2.45) is 0 Å². The maximum Gasteiger partial charge on any atom is 0.269 e. The van der Waals surface area contributed by atoms with Gasteiger partial charge in [-0.05, 0) is 48.0 Å². The number of benzene rings is 2. The van der Waals surface area contributed by atoms with Crippen molar-refractivity contribution in [2.75, 3.05) is 31.3 Å². The van der Waals surface area contributed by atoms with Crippen LogP contribution < -0.4 is 10.6 Å². The minimum absolute atomic E-state index is 0.0656. The predicted octanol–water partition coefficient (Wildman–Crippen LogP) is 4.65. The Morgan fingerprint density at radius 1 is 1.18 bits per heavy atom. The van der Waals surface area contributed by atoms with Gasteiger partial charge in [0.2, 0.25) is 5.95 Å². The molecule has 170 valence electrons. The highest BCUT2D eigenvalue weighted by Crippen LogP contribution is 2.41. The van der Waals surface area contributed by atoms with E-state index in [0.717, 1.165) is 45.6 Å². The number of amides is 1. The van der Waals surface area contributed by atoms with Crippen LogP contribution in [0.3, 0.4) is 0 Å². The van der Waals surface area contributed by atoms with Gasteiger partial charge in [-0.3, -0.25) is 4.79 Å². The van der Waals surface area contributed by atoms with Crippen LogP contribution in [0.25, 0.3) is 22.2 Å². The second-order valence-corrected chi connectivity index (χ2v) is 9.37. The Hall–Kier alpha value is -4.38. The van der Waals surface area contributed by atoms with Gasteiger partial charge < -0.3 is 20.5 Å². The first-order chi connectivity index (χ1) is 16.2. The fourth-order valence-corrected chi connectivity index (χ4v) is 4.28. The Morgan fingerprint density at radius 3 is 2.76 bits per heavy atom. The van der Waals surface area contributed by atoms with E-state index in [4.69, 9.17) is 4.98 Å². The first-order valence-corrected chi connectivity index (χ1v) is 11.0. The summed E-state index contributed by atoms with van der Waals surface area (Å²) in [5.41, 5.74) is 6.43. The monoisotopic (exact) mass is 451 g/mol. The van der Waals surface area contributed by atoms with Crippen molar-refractivity contribution in [3.63, 3.8) is 0 Å². The van der Waals surface area contributed by atoms with Crippen LogP contribution in [0.2, 0.25) is 0 Å². The number of aromatic nitrogens is 3. The quantitative estimate of drug-likeness (QED) is 0.417. The molecule has 0 atom stereocenters.